The minimum absolute atomic E-state index is 0.0943. The van der Waals surface area contributed by atoms with E-state index in [2.05, 4.69) is 4.90 Å². The molecule has 1 fully saturated rings. The number of aliphatic hydroxyl groups is 2. The molecule has 2 atom stereocenters. The van der Waals surface area contributed by atoms with Gasteiger partial charge in [0.25, 0.3) is 0 Å². The predicted octanol–water partition coefficient (Wildman–Crippen LogP) is 0.231. The molecule has 1 aliphatic rings. The molecule has 1 rings (SSSR count). The molecule has 0 saturated carbocycles. The summed E-state index contributed by atoms with van der Waals surface area (Å²) in [4.78, 5) is 2.38. The van der Waals surface area contributed by atoms with Gasteiger partial charge in [-0.15, -0.1) is 0 Å². The molecule has 0 aliphatic carbocycles. The van der Waals surface area contributed by atoms with Crippen LogP contribution in [0.2, 0.25) is 0 Å². The lowest BCUT2D eigenvalue weighted by Gasteiger charge is -2.25. The largest absolute Gasteiger partial charge is 0.394 e. The Bertz CT molecular complexity index is 164. The second kappa shape index (κ2) is 7.17. The lowest BCUT2D eigenvalue weighted by molar-refractivity contribution is 0.0635. The molecule has 4 heteroatoms. The van der Waals surface area contributed by atoms with Crippen molar-refractivity contribution in [3.8, 4) is 0 Å². The van der Waals surface area contributed by atoms with Crippen molar-refractivity contribution >= 4 is 0 Å². The Kier molecular flexibility index (Phi) is 6.17. The molecule has 0 amide bonds. The highest BCUT2D eigenvalue weighted by molar-refractivity contribution is 4.80. The van der Waals surface area contributed by atoms with Crippen molar-refractivity contribution in [1.29, 1.82) is 0 Å². The summed E-state index contributed by atoms with van der Waals surface area (Å²) in [5, 5.41) is 17.9. The summed E-state index contributed by atoms with van der Waals surface area (Å²) in [6, 6.07) is 0.516. The summed E-state index contributed by atoms with van der Waals surface area (Å²) >= 11 is 0. The van der Waals surface area contributed by atoms with Crippen LogP contribution in [0, 0.1) is 0 Å². The van der Waals surface area contributed by atoms with Gasteiger partial charge in [0.2, 0.25) is 0 Å². The Morgan fingerprint density at radius 2 is 2.27 bits per heavy atom. The summed E-state index contributed by atoms with van der Waals surface area (Å²) in [5.74, 6) is 0. The zero-order valence-corrected chi connectivity index (χ0v) is 9.56. The average Bonchev–Trinajstić information content (AvgIpc) is 2.59. The number of hydrogen-bond donors (Lipinski definition) is 2. The lowest BCUT2D eigenvalue weighted by atomic mass is 10.1. The van der Waals surface area contributed by atoms with Crippen LogP contribution in [0.5, 0.6) is 0 Å². The zero-order chi connectivity index (χ0) is 11.1. The fourth-order valence-electron chi connectivity index (χ4n) is 2.20. The summed E-state index contributed by atoms with van der Waals surface area (Å²) < 4.78 is 5.24. The van der Waals surface area contributed by atoms with E-state index < -0.39 is 0 Å². The molecule has 0 aromatic carbocycles. The fraction of sp³-hybridized carbons (Fsp3) is 1.00. The third kappa shape index (κ3) is 4.93. The van der Waals surface area contributed by atoms with Crippen molar-refractivity contribution in [1.82, 2.24) is 4.90 Å². The highest BCUT2D eigenvalue weighted by Crippen LogP contribution is 2.20. The first-order valence-electron chi connectivity index (χ1n) is 5.84. The van der Waals surface area contributed by atoms with Gasteiger partial charge in [-0.1, -0.05) is 0 Å². The topological polar surface area (TPSA) is 52.9 Å². The number of rotatable bonds is 7. The zero-order valence-electron chi connectivity index (χ0n) is 9.56. The van der Waals surface area contributed by atoms with Crippen LogP contribution in [0.4, 0.5) is 0 Å². The molecule has 1 saturated heterocycles. The average molecular weight is 217 g/mol. The van der Waals surface area contributed by atoms with Gasteiger partial charge in [0.05, 0.1) is 25.9 Å². The van der Waals surface area contributed by atoms with E-state index in [4.69, 9.17) is 9.84 Å². The summed E-state index contributed by atoms with van der Waals surface area (Å²) in [7, 11) is 0. The molecule has 0 spiro atoms. The number of nitrogens with zero attached hydrogens (tertiary/aromatic N) is 1. The van der Waals surface area contributed by atoms with Gasteiger partial charge in [-0.2, -0.15) is 0 Å². The molecule has 0 bridgehead atoms. The van der Waals surface area contributed by atoms with Gasteiger partial charge in [-0.25, -0.2) is 0 Å². The number of hydrogen-bond acceptors (Lipinski definition) is 4. The van der Waals surface area contributed by atoms with E-state index in [9.17, 15) is 5.11 Å². The first-order chi connectivity index (χ1) is 7.24. The Morgan fingerprint density at radius 3 is 2.93 bits per heavy atom. The molecule has 0 radical (unpaired) electrons. The molecular formula is C11H23NO3. The maximum Gasteiger partial charge on any atom is 0.0698 e. The van der Waals surface area contributed by atoms with Gasteiger partial charge < -0.3 is 14.9 Å². The molecule has 15 heavy (non-hydrogen) atoms. The second-order valence-electron chi connectivity index (χ2n) is 4.25. The highest BCUT2D eigenvalue weighted by Gasteiger charge is 2.24. The molecule has 90 valence electrons. The monoisotopic (exact) mass is 217 g/mol. The van der Waals surface area contributed by atoms with Crippen molar-refractivity contribution in [3.63, 3.8) is 0 Å². The van der Waals surface area contributed by atoms with Gasteiger partial charge >= 0.3 is 0 Å². The van der Waals surface area contributed by atoms with Crippen molar-refractivity contribution < 1.29 is 14.9 Å². The Hall–Kier alpha value is -0.160. The lowest BCUT2D eigenvalue weighted by Crippen LogP contribution is -2.34. The van der Waals surface area contributed by atoms with Crippen molar-refractivity contribution in [2.45, 2.75) is 38.3 Å². The van der Waals surface area contributed by atoms with Crippen molar-refractivity contribution in [2.24, 2.45) is 0 Å². The summed E-state index contributed by atoms with van der Waals surface area (Å²) in [6.07, 6.45) is 3.05. The molecule has 0 aromatic rings. The molecule has 1 aliphatic heterocycles. The van der Waals surface area contributed by atoms with E-state index in [-0.39, 0.29) is 12.7 Å². The quantitative estimate of drug-likeness (QED) is 0.599. The van der Waals surface area contributed by atoms with Crippen LogP contribution in [-0.2, 0) is 4.74 Å². The van der Waals surface area contributed by atoms with E-state index in [0.717, 1.165) is 19.5 Å². The summed E-state index contributed by atoms with van der Waals surface area (Å²) in [5.41, 5.74) is 0. The Labute approximate surface area is 91.8 Å². The van der Waals surface area contributed by atoms with Gasteiger partial charge in [0.1, 0.15) is 0 Å². The maximum absolute atomic E-state index is 9.35. The van der Waals surface area contributed by atoms with E-state index >= 15 is 0 Å². The van der Waals surface area contributed by atoms with Crippen molar-refractivity contribution in [3.05, 3.63) is 0 Å². The SMILES string of the molecule is CC(O)CC1CCCN1CCOCCO. The van der Waals surface area contributed by atoms with Gasteiger partial charge in [-0.05, 0) is 32.7 Å². The maximum atomic E-state index is 9.35. The Balaban J connectivity index is 2.15. The van der Waals surface area contributed by atoms with Crippen LogP contribution < -0.4 is 0 Å². The van der Waals surface area contributed by atoms with Gasteiger partial charge in [0, 0.05) is 12.6 Å². The van der Waals surface area contributed by atoms with Gasteiger partial charge in [-0.3, -0.25) is 4.90 Å². The molecular weight excluding hydrogens is 194 g/mol. The first-order valence-corrected chi connectivity index (χ1v) is 5.84. The molecule has 2 unspecified atom stereocenters. The van der Waals surface area contributed by atoms with Crippen LogP contribution >= 0.6 is 0 Å². The standard InChI is InChI=1S/C11H23NO3/c1-10(14)9-11-3-2-4-12(11)5-7-15-8-6-13/h10-11,13-14H,2-9H2,1H3. The minimum Gasteiger partial charge on any atom is -0.394 e. The van der Waals surface area contributed by atoms with E-state index in [0.29, 0.717) is 19.3 Å². The second-order valence-corrected chi connectivity index (χ2v) is 4.25. The van der Waals surface area contributed by atoms with Crippen LogP contribution in [-0.4, -0.2) is 60.2 Å². The minimum atomic E-state index is -0.214. The fourth-order valence-corrected chi connectivity index (χ4v) is 2.20. The summed E-state index contributed by atoms with van der Waals surface area (Å²) in [6.45, 7) is 5.07. The van der Waals surface area contributed by atoms with E-state index in [1.165, 1.54) is 12.8 Å². The normalized spacial score (nSPS) is 24.6. The van der Waals surface area contributed by atoms with Gasteiger partial charge in [0.15, 0.2) is 0 Å². The van der Waals surface area contributed by atoms with Crippen molar-refractivity contribution in [2.75, 3.05) is 32.9 Å². The predicted molar refractivity (Wildman–Crippen MR) is 58.8 cm³/mol. The highest BCUT2D eigenvalue weighted by atomic mass is 16.5. The van der Waals surface area contributed by atoms with Crippen LogP contribution in [0.25, 0.3) is 0 Å². The third-order valence-corrected chi connectivity index (χ3v) is 2.87. The number of aliphatic hydroxyl groups excluding tert-OH is 2. The molecule has 1 heterocycles. The van der Waals surface area contributed by atoms with Crippen LogP contribution in [0.15, 0.2) is 0 Å². The first kappa shape index (κ1) is 12.9. The van der Waals surface area contributed by atoms with E-state index in [1.54, 1.807) is 0 Å². The third-order valence-electron chi connectivity index (χ3n) is 2.87. The smallest absolute Gasteiger partial charge is 0.0698 e. The molecule has 2 N–H and O–H groups in total. The van der Waals surface area contributed by atoms with Crippen LogP contribution in [0.1, 0.15) is 26.2 Å². The molecule has 0 aromatic heterocycles. The molecule has 4 nitrogen and oxygen atoms in total. The number of likely N-dealkylation sites (tertiary alicyclic amines) is 1. The van der Waals surface area contributed by atoms with E-state index in [1.807, 2.05) is 6.92 Å². The van der Waals surface area contributed by atoms with Crippen LogP contribution in [0.3, 0.4) is 0 Å². The number of ether oxygens (including phenoxy) is 1. The Morgan fingerprint density at radius 1 is 1.47 bits per heavy atom.